The Morgan fingerprint density at radius 2 is 2.14 bits per heavy atom. The van der Waals surface area contributed by atoms with Gasteiger partial charge in [0.05, 0.1) is 0 Å². The van der Waals surface area contributed by atoms with Crippen molar-refractivity contribution >= 4 is 21.4 Å². The van der Waals surface area contributed by atoms with Gasteiger partial charge in [-0.25, -0.2) is 0 Å². The van der Waals surface area contributed by atoms with Gasteiger partial charge in [-0.3, -0.25) is 0 Å². The zero-order valence-corrected chi connectivity index (χ0v) is 8.97. The van der Waals surface area contributed by atoms with Gasteiger partial charge in [-0.05, 0) is 23.9 Å². The normalized spacial score (nSPS) is 30.9. The van der Waals surface area contributed by atoms with E-state index in [1.54, 1.807) is 0 Å². The lowest BCUT2D eigenvalue weighted by molar-refractivity contribution is 0.759. The first-order valence-corrected chi connectivity index (χ1v) is 5.76. The Hall–Kier alpha value is -0.860. The maximum Gasteiger partial charge on any atom is 0.0345 e. The fraction of sp³-hybridized carbons (Fsp3) is 0.333. The van der Waals surface area contributed by atoms with Crippen molar-refractivity contribution in [3.05, 3.63) is 35.2 Å². The predicted octanol–water partition coefficient (Wildman–Crippen LogP) is 2.89. The summed E-state index contributed by atoms with van der Waals surface area (Å²) in [6.07, 6.45) is 1.14. The van der Waals surface area contributed by atoms with Gasteiger partial charge in [0, 0.05) is 21.0 Å². The van der Waals surface area contributed by atoms with Crippen molar-refractivity contribution in [2.24, 2.45) is 5.73 Å². The summed E-state index contributed by atoms with van der Waals surface area (Å²) >= 11 is 1.89. The van der Waals surface area contributed by atoms with Gasteiger partial charge < -0.3 is 5.73 Å². The van der Waals surface area contributed by atoms with Crippen molar-refractivity contribution in [3.63, 3.8) is 0 Å². The fourth-order valence-electron chi connectivity index (χ4n) is 1.94. The molecule has 1 aliphatic rings. The van der Waals surface area contributed by atoms with Crippen molar-refractivity contribution in [1.82, 2.24) is 0 Å². The molecule has 0 amide bonds. The largest absolute Gasteiger partial charge is 0.327 e. The molecule has 14 heavy (non-hydrogen) atoms. The molecule has 1 fully saturated rings. The van der Waals surface area contributed by atoms with Crippen LogP contribution in [0, 0.1) is 0 Å². The van der Waals surface area contributed by atoms with Gasteiger partial charge in [0.25, 0.3) is 0 Å². The number of benzene rings is 1. The minimum absolute atomic E-state index is 0.268. The van der Waals surface area contributed by atoms with Crippen molar-refractivity contribution in [1.29, 1.82) is 0 Å². The summed E-state index contributed by atoms with van der Waals surface area (Å²) in [5.41, 5.74) is 6.23. The van der Waals surface area contributed by atoms with Gasteiger partial charge in [0.15, 0.2) is 0 Å². The third kappa shape index (κ3) is 1.04. The quantitative estimate of drug-likeness (QED) is 0.757. The summed E-state index contributed by atoms with van der Waals surface area (Å²) in [7, 11) is 0. The second-order valence-electron chi connectivity index (χ2n) is 4.38. The molecule has 1 aromatic heterocycles. The molecule has 2 aromatic rings. The summed E-state index contributed by atoms with van der Waals surface area (Å²) in [4.78, 5) is 1.45. The molecule has 2 unspecified atom stereocenters. The van der Waals surface area contributed by atoms with Crippen molar-refractivity contribution in [2.45, 2.75) is 24.8 Å². The topological polar surface area (TPSA) is 26.0 Å². The molecule has 0 spiro atoms. The molecular weight excluding hydrogens is 190 g/mol. The molecule has 1 nitrogen and oxygen atoms in total. The first kappa shape index (κ1) is 8.45. The second-order valence-corrected chi connectivity index (χ2v) is 5.46. The van der Waals surface area contributed by atoms with Crippen LogP contribution in [-0.2, 0) is 5.41 Å². The molecule has 0 saturated heterocycles. The van der Waals surface area contributed by atoms with E-state index in [1.165, 1.54) is 15.0 Å². The highest BCUT2D eigenvalue weighted by atomic mass is 32.1. The highest BCUT2D eigenvalue weighted by Crippen LogP contribution is 2.50. The molecule has 1 aliphatic carbocycles. The number of rotatable bonds is 1. The molecule has 2 heteroatoms. The van der Waals surface area contributed by atoms with Crippen LogP contribution in [-0.4, -0.2) is 6.04 Å². The molecule has 0 aliphatic heterocycles. The summed E-state index contributed by atoms with van der Waals surface area (Å²) < 4.78 is 1.38. The van der Waals surface area contributed by atoms with Crippen LogP contribution in [0.3, 0.4) is 0 Å². The minimum Gasteiger partial charge on any atom is -0.327 e. The molecule has 1 heterocycles. The Kier molecular flexibility index (Phi) is 1.56. The van der Waals surface area contributed by atoms with Crippen molar-refractivity contribution in [2.75, 3.05) is 0 Å². The highest BCUT2D eigenvalue weighted by Gasteiger charge is 2.49. The number of fused-ring (bicyclic) bond motifs is 1. The molecule has 0 radical (unpaired) electrons. The molecule has 2 N–H and O–H groups in total. The van der Waals surface area contributed by atoms with E-state index in [0.29, 0.717) is 6.04 Å². The second kappa shape index (κ2) is 2.59. The monoisotopic (exact) mass is 203 g/mol. The van der Waals surface area contributed by atoms with Crippen LogP contribution >= 0.6 is 11.3 Å². The number of thiophene rings is 1. The van der Waals surface area contributed by atoms with E-state index >= 15 is 0 Å². The summed E-state index contributed by atoms with van der Waals surface area (Å²) in [6.45, 7) is 2.27. The van der Waals surface area contributed by atoms with Crippen LogP contribution in [0.15, 0.2) is 30.3 Å². The third-order valence-corrected chi connectivity index (χ3v) is 4.69. The van der Waals surface area contributed by atoms with Gasteiger partial charge in [-0.2, -0.15) is 0 Å². The molecule has 0 bridgehead atoms. The highest BCUT2D eigenvalue weighted by molar-refractivity contribution is 7.19. The van der Waals surface area contributed by atoms with E-state index in [4.69, 9.17) is 5.73 Å². The van der Waals surface area contributed by atoms with Crippen molar-refractivity contribution < 1.29 is 0 Å². The van der Waals surface area contributed by atoms with Crippen LogP contribution in [0.4, 0.5) is 0 Å². The number of hydrogen-bond acceptors (Lipinski definition) is 2. The Morgan fingerprint density at radius 3 is 2.79 bits per heavy atom. The van der Waals surface area contributed by atoms with Crippen LogP contribution < -0.4 is 5.73 Å². The van der Waals surface area contributed by atoms with E-state index in [2.05, 4.69) is 37.3 Å². The predicted molar refractivity (Wildman–Crippen MR) is 61.8 cm³/mol. The third-order valence-electron chi connectivity index (χ3n) is 3.29. The zero-order chi connectivity index (χ0) is 9.76. The van der Waals surface area contributed by atoms with E-state index in [-0.39, 0.29) is 5.41 Å². The van der Waals surface area contributed by atoms with Gasteiger partial charge in [0.1, 0.15) is 0 Å². The first-order chi connectivity index (χ1) is 6.70. The molecule has 1 saturated carbocycles. The Labute approximate surface area is 87.5 Å². The summed E-state index contributed by atoms with van der Waals surface area (Å²) in [5.74, 6) is 0. The lowest BCUT2D eigenvalue weighted by atomic mass is 10.1. The van der Waals surface area contributed by atoms with E-state index in [1.807, 2.05) is 11.3 Å². The Morgan fingerprint density at radius 1 is 1.43 bits per heavy atom. The maximum absolute atomic E-state index is 5.96. The van der Waals surface area contributed by atoms with Gasteiger partial charge in [-0.15, -0.1) is 11.3 Å². The molecule has 1 aromatic carbocycles. The molecular formula is C12H13NS. The number of hydrogen-bond donors (Lipinski definition) is 1. The zero-order valence-electron chi connectivity index (χ0n) is 8.16. The molecule has 3 rings (SSSR count). The van der Waals surface area contributed by atoms with Crippen LogP contribution in [0.2, 0.25) is 0 Å². The van der Waals surface area contributed by atoms with Crippen LogP contribution in [0.5, 0.6) is 0 Å². The van der Waals surface area contributed by atoms with Gasteiger partial charge >= 0.3 is 0 Å². The first-order valence-electron chi connectivity index (χ1n) is 4.95. The van der Waals surface area contributed by atoms with E-state index in [9.17, 15) is 0 Å². The maximum atomic E-state index is 5.96. The van der Waals surface area contributed by atoms with Crippen molar-refractivity contribution in [3.8, 4) is 0 Å². The lowest BCUT2D eigenvalue weighted by Crippen LogP contribution is -2.12. The number of nitrogens with two attached hydrogens (primary N) is 1. The van der Waals surface area contributed by atoms with Gasteiger partial charge in [-0.1, -0.05) is 25.1 Å². The van der Waals surface area contributed by atoms with Gasteiger partial charge in [0.2, 0.25) is 0 Å². The Bertz CT molecular complexity index is 455. The van der Waals surface area contributed by atoms with E-state index < -0.39 is 0 Å². The van der Waals surface area contributed by atoms with Crippen LogP contribution in [0.1, 0.15) is 18.2 Å². The average molecular weight is 203 g/mol. The summed E-state index contributed by atoms with van der Waals surface area (Å²) in [5, 5.41) is 1.35. The average Bonchev–Trinajstić information content (AvgIpc) is 2.66. The summed E-state index contributed by atoms with van der Waals surface area (Å²) in [6, 6.07) is 11.2. The van der Waals surface area contributed by atoms with Crippen LogP contribution in [0.25, 0.3) is 10.1 Å². The lowest BCUT2D eigenvalue weighted by Gasteiger charge is -2.04. The Balaban J connectivity index is 2.16. The van der Waals surface area contributed by atoms with E-state index in [0.717, 1.165) is 6.42 Å². The smallest absolute Gasteiger partial charge is 0.0345 e. The fourth-order valence-corrected chi connectivity index (χ4v) is 3.23. The SMILES string of the molecule is CC1(c2cc3ccccc3s2)CC1N. The minimum atomic E-state index is 0.268. The standard InChI is InChI=1S/C12H13NS/c1-12(7-10(12)13)11-6-8-4-2-3-5-9(8)14-11/h2-6,10H,7,13H2,1H3. The molecule has 2 atom stereocenters. The molecule has 72 valence electrons.